The van der Waals surface area contributed by atoms with E-state index < -0.39 is 34.3 Å². The lowest BCUT2D eigenvalue weighted by Gasteiger charge is -2.20. The first kappa shape index (κ1) is 23.3. The molecule has 1 aliphatic carbocycles. The molecule has 0 unspecified atom stereocenters. The standard InChI is InChI=1S/C23H15ClN2O7S/c24-17-9-8-12(34(25,31)32)10-16(17)23(30)33-11-19(27)26-18-7-3-6-15-20(18)22(29)14-5-2-1-4-13(14)21(15)28/h1-10H,11H2,(H,26,27)(H2,25,31,32). The number of sulfonamides is 1. The van der Waals surface area contributed by atoms with Crippen molar-refractivity contribution < 1.29 is 32.3 Å². The van der Waals surface area contributed by atoms with Crippen LogP contribution in [0.1, 0.15) is 42.2 Å². The second-order valence-corrected chi connectivity index (χ2v) is 9.21. The first-order valence-electron chi connectivity index (χ1n) is 9.68. The van der Waals surface area contributed by atoms with Crippen LogP contribution in [0.3, 0.4) is 0 Å². The maximum absolute atomic E-state index is 13.0. The van der Waals surface area contributed by atoms with Gasteiger partial charge in [-0.3, -0.25) is 14.4 Å². The summed E-state index contributed by atoms with van der Waals surface area (Å²) in [6, 6.07) is 14.0. The van der Waals surface area contributed by atoms with E-state index in [0.717, 1.165) is 18.2 Å². The number of amides is 1. The first-order valence-corrected chi connectivity index (χ1v) is 11.6. The SMILES string of the molecule is NS(=O)(=O)c1ccc(Cl)c(C(=O)OCC(=O)Nc2cccc3c2C(=O)c2ccccc2C3=O)c1. The number of carbonyl (C=O) groups excluding carboxylic acids is 4. The van der Waals surface area contributed by atoms with Crippen molar-refractivity contribution in [2.24, 2.45) is 5.14 Å². The maximum atomic E-state index is 13.0. The van der Waals surface area contributed by atoms with Crippen molar-refractivity contribution in [3.8, 4) is 0 Å². The summed E-state index contributed by atoms with van der Waals surface area (Å²) in [7, 11) is -4.09. The number of nitrogens with two attached hydrogens (primary N) is 1. The topological polar surface area (TPSA) is 150 Å². The number of esters is 1. The summed E-state index contributed by atoms with van der Waals surface area (Å²) in [4.78, 5) is 50.2. The Bertz CT molecular complexity index is 1500. The van der Waals surface area contributed by atoms with Crippen molar-refractivity contribution >= 4 is 50.8 Å². The molecule has 3 aromatic rings. The van der Waals surface area contributed by atoms with Crippen molar-refractivity contribution in [2.45, 2.75) is 4.90 Å². The van der Waals surface area contributed by atoms with E-state index in [2.05, 4.69) is 5.32 Å². The van der Waals surface area contributed by atoms with Gasteiger partial charge in [-0.15, -0.1) is 0 Å². The zero-order chi connectivity index (χ0) is 24.6. The highest BCUT2D eigenvalue weighted by atomic mass is 35.5. The molecule has 34 heavy (non-hydrogen) atoms. The van der Waals surface area contributed by atoms with Crippen molar-refractivity contribution in [1.82, 2.24) is 0 Å². The number of primary sulfonamides is 1. The van der Waals surface area contributed by atoms with Gasteiger partial charge in [0.25, 0.3) is 5.91 Å². The average Bonchev–Trinajstić information content (AvgIpc) is 2.80. The van der Waals surface area contributed by atoms with Gasteiger partial charge >= 0.3 is 5.97 Å². The third kappa shape index (κ3) is 4.34. The van der Waals surface area contributed by atoms with Crippen LogP contribution in [0.2, 0.25) is 5.02 Å². The molecular formula is C23H15ClN2O7S. The van der Waals surface area contributed by atoms with Gasteiger partial charge in [0.05, 0.1) is 26.7 Å². The maximum Gasteiger partial charge on any atom is 0.340 e. The van der Waals surface area contributed by atoms with Gasteiger partial charge in [0.15, 0.2) is 18.2 Å². The van der Waals surface area contributed by atoms with Gasteiger partial charge in [0.1, 0.15) is 0 Å². The number of anilines is 1. The molecule has 0 spiro atoms. The molecule has 0 heterocycles. The summed E-state index contributed by atoms with van der Waals surface area (Å²) in [6.07, 6.45) is 0. The molecule has 3 aromatic carbocycles. The fourth-order valence-electron chi connectivity index (χ4n) is 3.48. The number of halogens is 1. The van der Waals surface area contributed by atoms with E-state index in [1.54, 1.807) is 18.2 Å². The van der Waals surface area contributed by atoms with Gasteiger partial charge in [0, 0.05) is 16.7 Å². The summed E-state index contributed by atoms with van der Waals surface area (Å²) < 4.78 is 27.9. The monoisotopic (exact) mass is 498 g/mol. The Morgan fingerprint density at radius 3 is 2.24 bits per heavy atom. The molecule has 0 bridgehead atoms. The van der Waals surface area contributed by atoms with Gasteiger partial charge < -0.3 is 10.1 Å². The van der Waals surface area contributed by atoms with E-state index in [9.17, 15) is 27.6 Å². The van der Waals surface area contributed by atoms with Crippen LogP contribution < -0.4 is 10.5 Å². The van der Waals surface area contributed by atoms with Crippen molar-refractivity contribution in [1.29, 1.82) is 0 Å². The van der Waals surface area contributed by atoms with E-state index in [1.165, 1.54) is 24.3 Å². The fraction of sp³-hybridized carbons (Fsp3) is 0.0435. The van der Waals surface area contributed by atoms with Gasteiger partial charge in [-0.2, -0.15) is 0 Å². The number of ether oxygens (including phenoxy) is 1. The number of fused-ring (bicyclic) bond motifs is 2. The zero-order valence-electron chi connectivity index (χ0n) is 17.2. The summed E-state index contributed by atoms with van der Waals surface area (Å²) in [5.74, 6) is -2.62. The second kappa shape index (κ2) is 8.82. The quantitative estimate of drug-likeness (QED) is 0.401. The minimum absolute atomic E-state index is 0.0368. The Hall–Kier alpha value is -3.86. The average molecular weight is 499 g/mol. The van der Waals surface area contributed by atoms with E-state index in [1.807, 2.05) is 0 Å². The number of rotatable bonds is 5. The van der Waals surface area contributed by atoms with Crippen molar-refractivity contribution in [3.05, 3.63) is 93.5 Å². The lowest BCUT2D eigenvalue weighted by atomic mass is 9.83. The third-order valence-electron chi connectivity index (χ3n) is 5.05. The molecule has 9 nitrogen and oxygen atoms in total. The predicted octanol–water partition coefficient (Wildman–Crippen LogP) is 2.56. The highest BCUT2D eigenvalue weighted by Gasteiger charge is 2.31. The number of hydrogen-bond donors (Lipinski definition) is 2. The molecule has 0 aromatic heterocycles. The smallest absolute Gasteiger partial charge is 0.340 e. The van der Waals surface area contributed by atoms with Crippen LogP contribution in [0.25, 0.3) is 0 Å². The molecule has 3 N–H and O–H groups in total. The number of ketones is 2. The minimum Gasteiger partial charge on any atom is -0.452 e. The molecule has 0 aliphatic heterocycles. The number of hydrogen-bond acceptors (Lipinski definition) is 7. The lowest BCUT2D eigenvalue weighted by Crippen LogP contribution is -2.26. The molecular weight excluding hydrogens is 484 g/mol. The van der Waals surface area contributed by atoms with Crippen LogP contribution in [-0.2, 0) is 19.6 Å². The first-order chi connectivity index (χ1) is 16.1. The highest BCUT2D eigenvalue weighted by molar-refractivity contribution is 7.89. The van der Waals surface area contributed by atoms with E-state index in [-0.39, 0.29) is 49.2 Å². The second-order valence-electron chi connectivity index (χ2n) is 7.24. The summed E-state index contributed by atoms with van der Waals surface area (Å²) in [6.45, 7) is -0.767. The molecule has 0 radical (unpaired) electrons. The molecule has 1 amide bonds. The molecule has 1 aliphatic rings. The van der Waals surface area contributed by atoms with Crippen LogP contribution in [-0.4, -0.2) is 38.5 Å². The molecule has 172 valence electrons. The van der Waals surface area contributed by atoms with Crippen LogP contribution in [0, 0.1) is 0 Å². The largest absolute Gasteiger partial charge is 0.452 e. The fourth-order valence-corrected chi connectivity index (χ4v) is 4.22. The van der Waals surface area contributed by atoms with Crippen LogP contribution in [0.15, 0.2) is 65.6 Å². The summed E-state index contributed by atoms with van der Waals surface area (Å²) in [5, 5.41) is 7.42. The van der Waals surface area contributed by atoms with E-state index in [0.29, 0.717) is 0 Å². The Balaban J connectivity index is 1.52. The minimum atomic E-state index is -4.09. The molecule has 4 rings (SSSR count). The lowest BCUT2D eigenvalue weighted by molar-refractivity contribution is -0.119. The van der Waals surface area contributed by atoms with Crippen LogP contribution >= 0.6 is 11.6 Å². The molecule has 11 heteroatoms. The Kier molecular flexibility index (Phi) is 6.05. The predicted molar refractivity (Wildman–Crippen MR) is 121 cm³/mol. The third-order valence-corrected chi connectivity index (χ3v) is 6.29. The molecule has 0 fully saturated rings. The molecule has 0 saturated heterocycles. The summed E-state index contributed by atoms with van der Waals surface area (Å²) in [5.41, 5.74) is 0.462. The Morgan fingerprint density at radius 1 is 0.912 bits per heavy atom. The van der Waals surface area contributed by atoms with Crippen LogP contribution in [0.4, 0.5) is 5.69 Å². The molecule has 0 saturated carbocycles. The Labute approximate surface area is 198 Å². The van der Waals surface area contributed by atoms with Gasteiger partial charge in [-0.05, 0) is 24.3 Å². The van der Waals surface area contributed by atoms with Crippen molar-refractivity contribution in [3.63, 3.8) is 0 Å². The summed E-state index contributed by atoms with van der Waals surface area (Å²) >= 11 is 5.93. The van der Waals surface area contributed by atoms with E-state index in [4.69, 9.17) is 21.5 Å². The number of carbonyl (C=O) groups is 4. The van der Waals surface area contributed by atoms with Gasteiger partial charge in [0.2, 0.25) is 10.0 Å². The Morgan fingerprint density at radius 2 is 1.56 bits per heavy atom. The van der Waals surface area contributed by atoms with Crippen molar-refractivity contribution in [2.75, 3.05) is 11.9 Å². The van der Waals surface area contributed by atoms with Gasteiger partial charge in [-0.1, -0.05) is 48.0 Å². The molecule has 0 atom stereocenters. The van der Waals surface area contributed by atoms with E-state index >= 15 is 0 Å². The zero-order valence-corrected chi connectivity index (χ0v) is 18.8. The van der Waals surface area contributed by atoms with Gasteiger partial charge in [-0.25, -0.2) is 18.4 Å². The van der Waals surface area contributed by atoms with Crippen LogP contribution in [0.5, 0.6) is 0 Å². The normalized spacial score (nSPS) is 12.5. The highest BCUT2D eigenvalue weighted by Crippen LogP contribution is 2.32. The number of nitrogens with one attached hydrogen (secondary N) is 1. The number of benzene rings is 3.